The number of nitrogens with one attached hydrogen (secondary N) is 4. The van der Waals surface area contributed by atoms with E-state index in [1.54, 1.807) is 0 Å². The number of hydrogen-bond donors (Lipinski definition) is 4. The number of anilines is 2. The second-order valence-corrected chi connectivity index (χ2v) is 9.58. The van der Waals surface area contributed by atoms with Crippen molar-refractivity contribution in [2.75, 3.05) is 23.7 Å². The monoisotopic (exact) mass is 456 g/mol. The van der Waals surface area contributed by atoms with E-state index in [4.69, 9.17) is 0 Å². The third kappa shape index (κ3) is 4.32. The molecule has 0 saturated carbocycles. The molecule has 0 spiro atoms. The number of rotatable bonds is 8. The van der Waals surface area contributed by atoms with Crippen LogP contribution in [0.15, 0.2) is 61.7 Å². The van der Waals surface area contributed by atoms with Crippen molar-refractivity contribution >= 4 is 23.2 Å². The van der Waals surface area contributed by atoms with Gasteiger partial charge in [0.2, 0.25) is 11.8 Å². The molecule has 1 fully saturated rings. The molecule has 4 N–H and O–H groups in total. The third-order valence-electron chi connectivity index (χ3n) is 7.26. The van der Waals surface area contributed by atoms with Gasteiger partial charge >= 0.3 is 0 Å². The number of carbonyl (C=O) groups is 2. The summed E-state index contributed by atoms with van der Waals surface area (Å²) in [6.45, 7) is 9.15. The van der Waals surface area contributed by atoms with E-state index in [1.807, 2.05) is 12.2 Å². The van der Waals surface area contributed by atoms with E-state index in [-0.39, 0.29) is 23.7 Å². The predicted molar refractivity (Wildman–Crippen MR) is 136 cm³/mol. The Balaban J connectivity index is 1.21. The molecular formula is C28H32N4O2. The van der Waals surface area contributed by atoms with Crippen molar-refractivity contribution in [3.8, 4) is 0 Å². The second-order valence-electron chi connectivity index (χ2n) is 9.58. The quantitative estimate of drug-likeness (QED) is 0.457. The first kappa shape index (κ1) is 22.3. The molecule has 0 aromatic heterocycles. The van der Waals surface area contributed by atoms with Gasteiger partial charge in [0.05, 0.1) is 0 Å². The summed E-state index contributed by atoms with van der Waals surface area (Å²) in [6.07, 6.45) is 6.63. The summed E-state index contributed by atoms with van der Waals surface area (Å²) in [5.74, 6) is 0.203. The predicted octanol–water partition coefficient (Wildman–Crippen LogP) is 3.63. The lowest BCUT2D eigenvalue weighted by Crippen LogP contribution is -2.62. The molecule has 0 bridgehead atoms. The molecule has 6 heteroatoms. The SMILES string of the molecule is C=CCc1ccc2c(c1)NCC2CC1NC(=O)C(CC2CNc3cc(CC=C)ccc32)NC1=O. The first-order chi connectivity index (χ1) is 16.6. The Morgan fingerprint density at radius 1 is 0.735 bits per heavy atom. The fourth-order valence-corrected chi connectivity index (χ4v) is 5.50. The summed E-state index contributed by atoms with van der Waals surface area (Å²) in [7, 11) is 0. The molecule has 3 aliphatic rings. The average molecular weight is 457 g/mol. The lowest BCUT2D eigenvalue weighted by Gasteiger charge is -2.32. The Morgan fingerprint density at radius 2 is 1.18 bits per heavy atom. The van der Waals surface area contributed by atoms with Crippen LogP contribution in [0.5, 0.6) is 0 Å². The van der Waals surface area contributed by atoms with Gasteiger partial charge in [0.1, 0.15) is 12.1 Å². The first-order valence-corrected chi connectivity index (χ1v) is 12.1. The largest absolute Gasteiger partial charge is 0.384 e. The molecule has 2 aromatic rings. The highest BCUT2D eigenvalue weighted by Gasteiger charge is 2.38. The Bertz CT molecular complexity index is 1050. The lowest BCUT2D eigenvalue weighted by molar-refractivity contribution is -0.137. The van der Waals surface area contributed by atoms with E-state index in [0.29, 0.717) is 12.8 Å². The van der Waals surface area contributed by atoms with Crippen LogP contribution in [0.25, 0.3) is 0 Å². The minimum Gasteiger partial charge on any atom is -0.384 e. The van der Waals surface area contributed by atoms with Crippen molar-refractivity contribution in [2.24, 2.45) is 0 Å². The maximum Gasteiger partial charge on any atom is 0.243 e. The van der Waals surface area contributed by atoms with Crippen LogP contribution in [-0.2, 0) is 22.4 Å². The van der Waals surface area contributed by atoms with Crippen LogP contribution in [0, 0.1) is 0 Å². The Kier molecular flexibility index (Phi) is 6.14. The van der Waals surface area contributed by atoms with Gasteiger partial charge in [-0.25, -0.2) is 0 Å². The van der Waals surface area contributed by atoms with Crippen molar-refractivity contribution in [3.63, 3.8) is 0 Å². The van der Waals surface area contributed by atoms with Gasteiger partial charge < -0.3 is 21.3 Å². The summed E-state index contributed by atoms with van der Waals surface area (Å²) < 4.78 is 0. The minimum atomic E-state index is -0.509. The van der Waals surface area contributed by atoms with Gasteiger partial charge in [-0.05, 0) is 60.1 Å². The third-order valence-corrected chi connectivity index (χ3v) is 7.26. The summed E-state index contributed by atoms with van der Waals surface area (Å²) in [4.78, 5) is 25.9. The summed E-state index contributed by atoms with van der Waals surface area (Å²) >= 11 is 0. The van der Waals surface area contributed by atoms with Crippen LogP contribution in [0.3, 0.4) is 0 Å². The van der Waals surface area contributed by atoms with Crippen LogP contribution < -0.4 is 21.3 Å². The molecular weight excluding hydrogens is 424 g/mol. The molecule has 4 atom stereocenters. The molecule has 2 amide bonds. The number of carbonyl (C=O) groups excluding carboxylic acids is 2. The van der Waals surface area contributed by atoms with Gasteiger partial charge in [-0.1, -0.05) is 36.4 Å². The molecule has 4 unspecified atom stereocenters. The van der Waals surface area contributed by atoms with E-state index in [0.717, 1.165) is 37.3 Å². The highest BCUT2D eigenvalue weighted by atomic mass is 16.2. The maximum absolute atomic E-state index is 12.9. The Morgan fingerprint density at radius 3 is 1.59 bits per heavy atom. The van der Waals surface area contributed by atoms with Crippen LogP contribution in [0.4, 0.5) is 11.4 Å². The molecule has 34 heavy (non-hydrogen) atoms. The van der Waals surface area contributed by atoms with Crippen LogP contribution >= 0.6 is 0 Å². The highest BCUT2D eigenvalue weighted by molar-refractivity contribution is 5.97. The molecule has 1 saturated heterocycles. The summed E-state index contributed by atoms with van der Waals surface area (Å²) in [5, 5.41) is 12.9. The normalized spacial score (nSPS) is 24.8. The number of benzene rings is 2. The summed E-state index contributed by atoms with van der Waals surface area (Å²) in [6, 6.07) is 11.8. The topological polar surface area (TPSA) is 82.3 Å². The molecule has 6 nitrogen and oxygen atoms in total. The smallest absolute Gasteiger partial charge is 0.243 e. The maximum atomic E-state index is 12.9. The zero-order chi connectivity index (χ0) is 23.7. The van der Waals surface area contributed by atoms with Gasteiger partial charge in [-0.3, -0.25) is 9.59 Å². The zero-order valence-corrected chi connectivity index (χ0v) is 19.4. The van der Waals surface area contributed by atoms with Gasteiger partial charge in [0.25, 0.3) is 0 Å². The van der Waals surface area contributed by atoms with Gasteiger partial charge in [-0.15, -0.1) is 13.2 Å². The van der Waals surface area contributed by atoms with E-state index >= 15 is 0 Å². The van der Waals surface area contributed by atoms with Crippen LogP contribution in [0.1, 0.15) is 46.9 Å². The van der Waals surface area contributed by atoms with Crippen LogP contribution in [-0.4, -0.2) is 37.0 Å². The van der Waals surface area contributed by atoms with E-state index in [9.17, 15) is 9.59 Å². The second kappa shape index (κ2) is 9.37. The standard InChI is InChI=1S/C28H32N4O2/c1-3-5-17-7-9-21-19(15-29-23(21)11-17)13-25-27(33)32-26(28(34)31-25)14-20-16-30-24-12-18(6-4-2)8-10-22(20)24/h3-4,7-12,19-20,25-26,29-30H,1-2,5-6,13-16H2,(H,31,34)(H,32,33). The Labute approximate surface area is 200 Å². The van der Waals surface area contributed by atoms with E-state index in [2.05, 4.69) is 70.8 Å². The number of allylic oxidation sites excluding steroid dienone is 2. The fourth-order valence-electron chi connectivity index (χ4n) is 5.50. The fraction of sp³-hybridized carbons (Fsp3) is 0.357. The minimum absolute atomic E-state index is 0.0890. The van der Waals surface area contributed by atoms with Crippen molar-refractivity contribution in [3.05, 3.63) is 84.0 Å². The lowest BCUT2D eigenvalue weighted by atomic mass is 9.89. The number of hydrogen-bond acceptors (Lipinski definition) is 4. The Hall–Kier alpha value is -3.54. The molecule has 176 valence electrons. The molecule has 3 aliphatic heterocycles. The first-order valence-electron chi connectivity index (χ1n) is 12.1. The molecule has 3 heterocycles. The van der Waals surface area contributed by atoms with Crippen molar-refractivity contribution < 1.29 is 9.59 Å². The number of piperazine rings is 1. The number of fused-ring (bicyclic) bond motifs is 2. The van der Waals surface area contributed by atoms with Gasteiger partial charge in [0.15, 0.2) is 0 Å². The molecule has 5 rings (SSSR count). The molecule has 2 aromatic carbocycles. The van der Waals surface area contributed by atoms with Crippen LogP contribution in [0.2, 0.25) is 0 Å². The molecule has 0 aliphatic carbocycles. The van der Waals surface area contributed by atoms with E-state index < -0.39 is 12.1 Å². The van der Waals surface area contributed by atoms with E-state index in [1.165, 1.54) is 22.3 Å². The van der Waals surface area contributed by atoms with Crippen molar-refractivity contribution in [1.29, 1.82) is 0 Å². The number of amides is 2. The molecule has 0 radical (unpaired) electrons. The average Bonchev–Trinajstić information content (AvgIpc) is 3.41. The zero-order valence-electron chi connectivity index (χ0n) is 19.4. The summed E-state index contributed by atoms with van der Waals surface area (Å²) in [5.41, 5.74) is 7.09. The van der Waals surface area contributed by atoms with Gasteiger partial charge in [0, 0.05) is 36.3 Å². The van der Waals surface area contributed by atoms with Gasteiger partial charge in [-0.2, -0.15) is 0 Å². The highest BCUT2D eigenvalue weighted by Crippen LogP contribution is 2.37. The van der Waals surface area contributed by atoms with Crippen molar-refractivity contribution in [1.82, 2.24) is 10.6 Å². The van der Waals surface area contributed by atoms with Crippen molar-refractivity contribution in [2.45, 2.75) is 49.6 Å².